The predicted octanol–water partition coefficient (Wildman–Crippen LogP) is 4.07. The van der Waals surface area contributed by atoms with Crippen LogP contribution in [0.1, 0.15) is 24.5 Å². The minimum atomic E-state index is -1.02. The molecule has 0 amide bonds. The quantitative estimate of drug-likeness (QED) is 0.725. The average Bonchev–Trinajstić information content (AvgIpc) is 2.54. The Morgan fingerprint density at radius 2 is 2.04 bits per heavy atom. The lowest BCUT2D eigenvalue weighted by atomic mass is 10.1. The molecular weight excluding hydrogens is 336 g/mol. The van der Waals surface area contributed by atoms with Gasteiger partial charge in [0.05, 0.1) is 0 Å². The van der Waals surface area contributed by atoms with E-state index >= 15 is 0 Å². The molecule has 0 bridgehead atoms. The number of hydrogen-bond donors (Lipinski definition) is 1. The van der Waals surface area contributed by atoms with Crippen molar-refractivity contribution >= 4 is 17.7 Å². The van der Waals surface area contributed by atoms with Crippen molar-refractivity contribution in [3.8, 4) is 5.75 Å². The van der Waals surface area contributed by atoms with Crippen molar-refractivity contribution in [3.63, 3.8) is 0 Å². The fourth-order valence-corrected chi connectivity index (χ4v) is 2.82. The topological polar surface area (TPSA) is 59.4 Å². The number of ether oxygens (including phenoxy) is 1. The Hall–Kier alpha value is -2.15. The lowest BCUT2D eigenvalue weighted by Crippen LogP contribution is -2.04. The van der Waals surface area contributed by atoms with E-state index in [1.165, 1.54) is 11.8 Å². The Kier molecular flexibility index (Phi) is 6.54. The van der Waals surface area contributed by atoms with Crippen LogP contribution < -0.4 is 4.74 Å². The molecule has 1 aromatic carbocycles. The summed E-state index contributed by atoms with van der Waals surface area (Å²) in [6.07, 6.45) is 1.52. The van der Waals surface area contributed by atoms with E-state index in [9.17, 15) is 13.6 Å². The number of rotatable bonds is 8. The van der Waals surface area contributed by atoms with Gasteiger partial charge in [-0.3, -0.25) is 4.79 Å². The van der Waals surface area contributed by atoms with Crippen LogP contribution in [0.3, 0.4) is 0 Å². The van der Waals surface area contributed by atoms with Crippen molar-refractivity contribution in [2.24, 2.45) is 0 Å². The molecule has 1 aromatic heterocycles. The molecule has 24 heavy (non-hydrogen) atoms. The highest BCUT2D eigenvalue weighted by molar-refractivity contribution is 7.99. The Labute approximate surface area is 142 Å². The molecule has 0 aliphatic heterocycles. The average molecular weight is 353 g/mol. The van der Waals surface area contributed by atoms with E-state index in [2.05, 4.69) is 4.98 Å². The maximum absolute atomic E-state index is 14.1. The Bertz CT molecular complexity index is 702. The maximum atomic E-state index is 14.1. The molecule has 2 aromatic rings. The van der Waals surface area contributed by atoms with E-state index in [1.807, 2.05) is 6.92 Å². The van der Waals surface area contributed by atoms with Gasteiger partial charge in [0.2, 0.25) is 0 Å². The summed E-state index contributed by atoms with van der Waals surface area (Å²) in [5.41, 5.74) is 1.03. The lowest BCUT2D eigenvalue weighted by molar-refractivity contribution is -0.136. The summed E-state index contributed by atoms with van der Waals surface area (Å²) < 4.78 is 33.4. The number of carboxylic acid groups (broad SMARTS) is 1. The second kappa shape index (κ2) is 8.63. The fraction of sp³-hybridized carbons (Fsp3) is 0.294. The summed E-state index contributed by atoms with van der Waals surface area (Å²) in [4.78, 5) is 14.8. The Morgan fingerprint density at radius 3 is 2.67 bits per heavy atom. The van der Waals surface area contributed by atoms with Crippen molar-refractivity contribution in [2.75, 3.05) is 5.75 Å². The van der Waals surface area contributed by atoms with Gasteiger partial charge in [-0.1, -0.05) is 13.0 Å². The number of aromatic nitrogens is 1. The summed E-state index contributed by atoms with van der Waals surface area (Å²) >= 11 is 1.52. The Balaban J connectivity index is 2.11. The number of carbonyl (C=O) groups is 1. The first-order valence-electron chi connectivity index (χ1n) is 7.40. The minimum Gasteiger partial charge on any atom is -0.483 e. The van der Waals surface area contributed by atoms with Crippen molar-refractivity contribution < 1.29 is 23.4 Å². The monoisotopic (exact) mass is 353 g/mol. The third-order valence-corrected chi connectivity index (χ3v) is 4.12. The molecule has 1 N–H and O–H groups in total. The lowest BCUT2D eigenvalue weighted by Gasteiger charge is -2.12. The number of aryl methyl sites for hydroxylation is 1. The molecule has 0 atom stereocenters. The number of hydrogen-bond acceptors (Lipinski definition) is 4. The second-order valence-corrected chi connectivity index (χ2v) is 6.22. The summed E-state index contributed by atoms with van der Waals surface area (Å²) in [6, 6.07) is 5.74. The van der Waals surface area contributed by atoms with Crippen molar-refractivity contribution in [1.82, 2.24) is 4.98 Å². The van der Waals surface area contributed by atoms with Crippen LogP contribution in [-0.2, 0) is 17.8 Å². The smallest absolute Gasteiger partial charge is 0.303 e. The number of pyridine rings is 1. The predicted molar refractivity (Wildman–Crippen MR) is 87.3 cm³/mol. The molecule has 0 aliphatic rings. The first kappa shape index (κ1) is 18.2. The molecule has 7 heteroatoms. The third-order valence-electron chi connectivity index (χ3n) is 3.19. The maximum Gasteiger partial charge on any atom is 0.303 e. The zero-order valence-corrected chi connectivity index (χ0v) is 13.9. The highest BCUT2D eigenvalue weighted by atomic mass is 32.2. The number of nitrogens with zero attached hydrogens (tertiary/aromatic N) is 1. The van der Waals surface area contributed by atoms with Crippen LogP contribution in [0, 0.1) is 11.6 Å². The van der Waals surface area contributed by atoms with Gasteiger partial charge in [0.25, 0.3) is 0 Å². The molecule has 2 rings (SSSR count). The normalized spacial score (nSPS) is 10.6. The SMILES string of the molecule is CCSc1ncccc1COc1c(F)cc(CCC(=O)O)cc1F. The first-order chi connectivity index (χ1) is 11.5. The molecule has 0 spiro atoms. The van der Waals surface area contributed by atoms with Gasteiger partial charge in [-0.15, -0.1) is 11.8 Å². The molecule has 0 radical (unpaired) electrons. The van der Waals surface area contributed by atoms with Gasteiger partial charge in [0, 0.05) is 18.2 Å². The van der Waals surface area contributed by atoms with Crippen LogP contribution in [-0.4, -0.2) is 21.8 Å². The van der Waals surface area contributed by atoms with Crippen molar-refractivity contribution in [3.05, 3.63) is 53.2 Å². The van der Waals surface area contributed by atoms with E-state index in [0.717, 1.165) is 28.5 Å². The van der Waals surface area contributed by atoms with Crippen LogP contribution in [0.4, 0.5) is 8.78 Å². The molecule has 0 unspecified atom stereocenters. The summed E-state index contributed by atoms with van der Waals surface area (Å²) in [7, 11) is 0. The number of thioether (sulfide) groups is 1. The zero-order chi connectivity index (χ0) is 17.5. The standard InChI is InChI=1S/C17H17F2NO3S/c1-2-24-17-12(4-3-7-20-17)10-23-16-13(18)8-11(9-14(16)19)5-6-15(21)22/h3-4,7-9H,2,5-6,10H2,1H3,(H,21,22). The van der Waals surface area contributed by atoms with Gasteiger partial charge < -0.3 is 9.84 Å². The molecule has 0 fully saturated rings. The van der Waals surface area contributed by atoms with E-state index in [-0.39, 0.29) is 25.0 Å². The van der Waals surface area contributed by atoms with Crippen LogP contribution in [0.25, 0.3) is 0 Å². The van der Waals surface area contributed by atoms with E-state index in [0.29, 0.717) is 0 Å². The van der Waals surface area contributed by atoms with Crippen LogP contribution in [0.15, 0.2) is 35.5 Å². The van der Waals surface area contributed by atoms with Gasteiger partial charge >= 0.3 is 5.97 Å². The van der Waals surface area contributed by atoms with Gasteiger partial charge in [0.15, 0.2) is 17.4 Å². The largest absolute Gasteiger partial charge is 0.483 e. The number of benzene rings is 1. The van der Waals surface area contributed by atoms with E-state index < -0.39 is 23.4 Å². The van der Waals surface area contributed by atoms with Gasteiger partial charge in [-0.05, 0) is 35.9 Å². The summed E-state index contributed by atoms with van der Waals surface area (Å²) in [6.45, 7) is 1.98. The molecular formula is C17H17F2NO3S. The molecule has 1 heterocycles. The van der Waals surface area contributed by atoms with Gasteiger partial charge in [-0.25, -0.2) is 13.8 Å². The highest BCUT2D eigenvalue weighted by Gasteiger charge is 2.14. The number of halogens is 2. The van der Waals surface area contributed by atoms with Gasteiger partial charge in [0.1, 0.15) is 11.6 Å². The number of carboxylic acids is 1. The molecule has 0 saturated heterocycles. The summed E-state index contributed by atoms with van der Waals surface area (Å²) in [5, 5.41) is 9.39. The fourth-order valence-electron chi connectivity index (χ4n) is 2.10. The third kappa shape index (κ3) is 4.92. The van der Waals surface area contributed by atoms with Gasteiger partial charge in [-0.2, -0.15) is 0 Å². The molecule has 0 aliphatic carbocycles. The van der Waals surface area contributed by atoms with Crippen LogP contribution in [0.5, 0.6) is 5.75 Å². The minimum absolute atomic E-state index is 0.00150. The van der Waals surface area contributed by atoms with E-state index in [1.54, 1.807) is 18.3 Å². The van der Waals surface area contributed by atoms with E-state index in [4.69, 9.17) is 9.84 Å². The summed E-state index contributed by atoms with van der Waals surface area (Å²) in [5.74, 6) is -2.35. The second-order valence-electron chi connectivity index (χ2n) is 4.97. The molecule has 4 nitrogen and oxygen atoms in total. The molecule has 0 saturated carbocycles. The Morgan fingerprint density at radius 1 is 1.33 bits per heavy atom. The zero-order valence-electron chi connectivity index (χ0n) is 13.1. The van der Waals surface area contributed by atoms with Crippen molar-refractivity contribution in [2.45, 2.75) is 31.4 Å². The first-order valence-corrected chi connectivity index (χ1v) is 8.39. The molecule has 128 valence electrons. The van der Waals surface area contributed by atoms with Crippen molar-refractivity contribution in [1.29, 1.82) is 0 Å². The number of aliphatic carboxylic acids is 1. The highest BCUT2D eigenvalue weighted by Crippen LogP contribution is 2.26. The van der Waals surface area contributed by atoms with Crippen LogP contribution in [0.2, 0.25) is 0 Å². The van der Waals surface area contributed by atoms with Crippen LogP contribution >= 0.6 is 11.8 Å².